The van der Waals surface area contributed by atoms with E-state index in [1.807, 2.05) is 37.3 Å². The minimum Gasteiger partial charge on any atom is -0.479 e. The predicted molar refractivity (Wildman–Crippen MR) is 86.1 cm³/mol. The number of nitrogens with zero attached hydrogens (tertiary/aromatic N) is 1. The number of hydrogen-bond donors (Lipinski definition) is 1. The molecule has 1 amide bonds. The smallest absolute Gasteiger partial charge is 0.265 e. The minimum absolute atomic E-state index is 0.272. The third-order valence-corrected chi connectivity index (χ3v) is 3.31. The number of nitriles is 1. The van der Waals surface area contributed by atoms with E-state index in [9.17, 15) is 4.79 Å². The fourth-order valence-electron chi connectivity index (χ4n) is 1.88. The van der Waals surface area contributed by atoms with Crippen molar-refractivity contribution in [2.75, 3.05) is 5.32 Å². The van der Waals surface area contributed by atoms with Gasteiger partial charge in [0.1, 0.15) is 5.75 Å². The van der Waals surface area contributed by atoms with Gasteiger partial charge in [-0.3, -0.25) is 4.79 Å². The van der Waals surface area contributed by atoms with Crippen molar-refractivity contribution in [3.63, 3.8) is 0 Å². The van der Waals surface area contributed by atoms with Gasteiger partial charge in [-0.15, -0.1) is 0 Å². The van der Waals surface area contributed by atoms with Gasteiger partial charge in [-0.1, -0.05) is 23.7 Å². The molecule has 0 unspecified atom stereocenters. The van der Waals surface area contributed by atoms with E-state index in [0.29, 0.717) is 22.0 Å². The number of halogens is 1. The quantitative estimate of drug-likeness (QED) is 0.930. The van der Waals surface area contributed by atoms with E-state index in [2.05, 4.69) is 5.32 Å². The number of benzene rings is 2. The van der Waals surface area contributed by atoms with Crippen LogP contribution in [0.5, 0.6) is 5.75 Å². The second-order valence-electron chi connectivity index (χ2n) is 4.88. The van der Waals surface area contributed by atoms with Gasteiger partial charge in [-0.05, 0) is 49.7 Å². The van der Waals surface area contributed by atoms with E-state index < -0.39 is 6.10 Å². The Balaban J connectivity index is 2.04. The van der Waals surface area contributed by atoms with Gasteiger partial charge in [-0.2, -0.15) is 5.26 Å². The zero-order chi connectivity index (χ0) is 16.1. The Kier molecular flexibility index (Phi) is 5.03. The molecule has 0 heterocycles. The Morgan fingerprint density at radius 1 is 1.32 bits per heavy atom. The first-order valence-electron chi connectivity index (χ1n) is 6.73. The van der Waals surface area contributed by atoms with Crippen LogP contribution in [0.2, 0.25) is 5.02 Å². The highest BCUT2D eigenvalue weighted by atomic mass is 35.5. The normalized spacial score (nSPS) is 11.4. The summed E-state index contributed by atoms with van der Waals surface area (Å²) in [7, 11) is 0. The highest BCUT2D eigenvalue weighted by molar-refractivity contribution is 6.32. The van der Waals surface area contributed by atoms with E-state index in [4.69, 9.17) is 21.6 Å². The number of hydrogen-bond acceptors (Lipinski definition) is 3. The molecule has 0 aromatic heterocycles. The van der Waals surface area contributed by atoms with Gasteiger partial charge in [0.05, 0.1) is 16.7 Å². The third-order valence-electron chi connectivity index (χ3n) is 3.02. The molecule has 2 aromatic carbocycles. The van der Waals surface area contributed by atoms with Gasteiger partial charge < -0.3 is 10.1 Å². The molecule has 0 saturated carbocycles. The summed E-state index contributed by atoms with van der Waals surface area (Å²) < 4.78 is 5.56. The topological polar surface area (TPSA) is 62.1 Å². The second kappa shape index (κ2) is 6.97. The number of anilines is 1. The second-order valence-corrected chi connectivity index (χ2v) is 5.28. The number of nitrogens with one attached hydrogen (secondary N) is 1. The van der Waals surface area contributed by atoms with Crippen LogP contribution in [0.4, 0.5) is 5.69 Å². The zero-order valence-electron chi connectivity index (χ0n) is 12.3. The standard InChI is InChI=1S/C17H15ClN2O2/c1-11-4-3-5-14(8-11)20-17(21)12(2)22-16-7-6-13(10-19)9-15(16)18/h3-9,12H,1-2H3,(H,20,21)/t12-/m0/s1. The lowest BCUT2D eigenvalue weighted by Gasteiger charge is -2.16. The molecule has 22 heavy (non-hydrogen) atoms. The van der Waals surface area contributed by atoms with Gasteiger partial charge in [0.15, 0.2) is 6.10 Å². The molecule has 1 N–H and O–H groups in total. The maximum Gasteiger partial charge on any atom is 0.265 e. The Morgan fingerprint density at radius 3 is 2.73 bits per heavy atom. The molecule has 0 aliphatic carbocycles. The van der Waals surface area contributed by atoms with Gasteiger partial charge in [-0.25, -0.2) is 0 Å². The fraction of sp³-hybridized carbons (Fsp3) is 0.176. The predicted octanol–water partition coefficient (Wildman–Crippen LogP) is 3.93. The summed E-state index contributed by atoms with van der Waals surface area (Å²) in [6, 6.07) is 14.2. The van der Waals surface area contributed by atoms with Gasteiger partial charge in [0, 0.05) is 5.69 Å². The molecule has 0 fully saturated rings. The Labute approximate surface area is 134 Å². The molecule has 5 heteroatoms. The van der Waals surface area contributed by atoms with Crippen LogP contribution >= 0.6 is 11.6 Å². The number of ether oxygens (including phenoxy) is 1. The molecular weight excluding hydrogens is 300 g/mol. The van der Waals surface area contributed by atoms with Gasteiger partial charge in [0.25, 0.3) is 5.91 Å². The summed E-state index contributed by atoms with van der Waals surface area (Å²) in [4.78, 5) is 12.1. The summed E-state index contributed by atoms with van der Waals surface area (Å²) in [6.07, 6.45) is -0.717. The van der Waals surface area contributed by atoms with Crippen molar-refractivity contribution in [1.29, 1.82) is 5.26 Å². The molecule has 2 rings (SSSR count). The summed E-state index contributed by atoms with van der Waals surface area (Å²) in [5.74, 6) is 0.0959. The first kappa shape index (κ1) is 15.9. The van der Waals surface area contributed by atoms with Crippen LogP contribution in [0.1, 0.15) is 18.1 Å². The lowest BCUT2D eigenvalue weighted by atomic mass is 10.2. The molecule has 0 saturated heterocycles. The van der Waals surface area contributed by atoms with E-state index >= 15 is 0 Å². The highest BCUT2D eigenvalue weighted by Crippen LogP contribution is 2.26. The maximum absolute atomic E-state index is 12.1. The third kappa shape index (κ3) is 4.00. The maximum atomic E-state index is 12.1. The molecule has 0 aliphatic rings. The van der Waals surface area contributed by atoms with Crippen molar-refractivity contribution in [3.05, 3.63) is 58.6 Å². The SMILES string of the molecule is Cc1cccc(NC(=O)[C@H](C)Oc2ccc(C#N)cc2Cl)c1. The summed E-state index contributed by atoms with van der Waals surface area (Å²) in [6.45, 7) is 3.59. The zero-order valence-corrected chi connectivity index (χ0v) is 13.0. The summed E-state index contributed by atoms with van der Waals surface area (Å²) in [5.41, 5.74) is 2.21. The number of rotatable bonds is 4. The average Bonchev–Trinajstić information content (AvgIpc) is 2.49. The van der Waals surface area contributed by atoms with Crippen LogP contribution < -0.4 is 10.1 Å². The molecular formula is C17H15ClN2O2. The first-order chi connectivity index (χ1) is 10.5. The number of aryl methyl sites for hydroxylation is 1. The van der Waals surface area contributed by atoms with Crippen LogP contribution in [0.3, 0.4) is 0 Å². The first-order valence-corrected chi connectivity index (χ1v) is 7.11. The molecule has 1 atom stereocenters. The van der Waals surface area contributed by atoms with E-state index in [1.54, 1.807) is 19.1 Å². The minimum atomic E-state index is -0.717. The van der Waals surface area contributed by atoms with Crippen molar-refractivity contribution in [2.24, 2.45) is 0 Å². The van der Waals surface area contributed by atoms with Crippen molar-refractivity contribution in [3.8, 4) is 11.8 Å². The van der Waals surface area contributed by atoms with Crippen LogP contribution in [-0.2, 0) is 4.79 Å². The molecule has 0 spiro atoms. The largest absolute Gasteiger partial charge is 0.479 e. The lowest BCUT2D eigenvalue weighted by Crippen LogP contribution is -2.30. The van der Waals surface area contributed by atoms with Crippen LogP contribution in [-0.4, -0.2) is 12.0 Å². The Bertz CT molecular complexity index is 738. The van der Waals surface area contributed by atoms with Crippen molar-refractivity contribution >= 4 is 23.2 Å². The number of amides is 1. The molecule has 112 valence electrons. The highest BCUT2D eigenvalue weighted by Gasteiger charge is 2.16. The van der Waals surface area contributed by atoms with E-state index in [1.165, 1.54) is 6.07 Å². The molecule has 0 bridgehead atoms. The van der Waals surface area contributed by atoms with Crippen LogP contribution in [0, 0.1) is 18.3 Å². The molecule has 2 aromatic rings. The van der Waals surface area contributed by atoms with Crippen molar-refractivity contribution in [2.45, 2.75) is 20.0 Å². The van der Waals surface area contributed by atoms with Gasteiger partial charge in [0.2, 0.25) is 0 Å². The monoisotopic (exact) mass is 314 g/mol. The fourth-order valence-corrected chi connectivity index (χ4v) is 2.10. The molecule has 0 aliphatic heterocycles. The van der Waals surface area contributed by atoms with E-state index in [0.717, 1.165) is 5.56 Å². The average molecular weight is 315 g/mol. The Hall–Kier alpha value is -2.51. The number of carbonyl (C=O) groups excluding carboxylic acids is 1. The molecule has 4 nitrogen and oxygen atoms in total. The number of carbonyl (C=O) groups is 1. The lowest BCUT2D eigenvalue weighted by molar-refractivity contribution is -0.122. The van der Waals surface area contributed by atoms with Crippen molar-refractivity contribution in [1.82, 2.24) is 0 Å². The van der Waals surface area contributed by atoms with E-state index in [-0.39, 0.29) is 5.91 Å². The van der Waals surface area contributed by atoms with Crippen LogP contribution in [0.25, 0.3) is 0 Å². The van der Waals surface area contributed by atoms with Crippen LogP contribution in [0.15, 0.2) is 42.5 Å². The summed E-state index contributed by atoms with van der Waals surface area (Å²) >= 11 is 6.03. The molecule has 0 radical (unpaired) electrons. The Morgan fingerprint density at radius 2 is 2.09 bits per heavy atom. The summed E-state index contributed by atoms with van der Waals surface area (Å²) in [5, 5.41) is 11.9. The van der Waals surface area contributed by atoms with Gasteiger partial charge >= 0.3 is 0 Å². The van der Waals surface area contributed by atoms with Crippen molar-refractivity contribution < 1.29 is 9.53 Å².